The molecule has 1 heterocycles. The van der Waals surface area contributed by atoms with Crippen LogP contribution in [0.5, 0.6) is 0 Å². The van der Waals surface area contributed by atoms with Crippen LogP contribution in [0.25, 0.3) is 0 Å². The second-order valence-electron chi connectivity index (χ2n) is 5.32. The standard InChI is InChI=1S/C15H24N2O/c1-11-6-4-5-7-14(11)15(13(3)16)17-8-9-18-10-12(17)2/h4-7,12-13,15H,8-10,16H2,1-3H3. The lowest BCUT2D eigenvalue weighted by Gasteiger charge is -2.42. The third-order valence-corrected chi connectivity index (χ3v) is 3.78. The van der Waals surface area contributed by atoms with Crippen molar-refractivity contribution in [1.29, 1.82) is 0 Å². The predicted molar refractivity (Wildman–Crippen MR) is 74.6 cm³/mol. The maximum atomic E-state index is 6.25. The summed E-state index contributed by atoms with van der Waals surface area (Å²) in [6.07, 6.45) is 0. The lowest BCUT2D eigenvalue weighted by molar-refractivity contribution is -0.0269. The molecule has 100 valence electrons. The SMILES string of the molecule is Cc1ccccc1C(C(C)N)N1CCOCC1C. The molecule has 2 N–H and O–H groups in total. The van der Waals surface area contributed by atoms with E-state index in [-0.39, 0.29) is 12.1 Å². The molecule has 3 nitrogen and oxygen atoms in total. The van der Waals surface area contributed by atoms with E-state index in [1.807, 2.05) is 0 Å². The minimum Gasteiger partial charge on any atom is -0.379 e. The van der Waals surface area contributed by atoms with Crippen LogP contribution < -0.4 is 5.73 Å². The van der Waals surface area contributed by atoms with E-state index in [1.165, 1.54) is 11.1 Å². The summed E-state index contributed by atoms with van der Waals surface area (Å²) in [5.74, 6) is 0. The van der Waals surface area contributed by atoms with Gasteiger partial charge in [0.15, 0.2) is 0 Å². The third kappa shape index (κ3) is 2.74. The van der Waals surface area contributed by atoms with Crippen LogP contribution in [0.2, 0.25) is 0 Å². The van der Waals surface area contributed by atoms with Crippen LogP contribution in [0, 0.1) is 6.92 Å². The molecule has 1 fully saturated rings. The second-order valence-corrected chi connectivity index (χ2v) is 5.32. The second kappa shape index (κ2) is 5.83. The Balaban J connectivity index is 2.31. The number of morpholine rings is 1. The molecule has 0 aromatic heterocycles. The van der Waals surface area contributed by atoms with E-state index in [0.29, 0.717) is 6.04 Å². The molecular weight excluding hydrogens is 224 g/mol. The zero-order valence-corrected chi connectivity index (χ0v) is 11.6. The van der Waals surface area contributed by atoms with Gasteiger partial charge in [-0.15, -0.1) is 0 Å². The third-order valence-electron chi connectivity index (χ3n) is 3.78. The van der Waals surface area contributed by atoms with Gasteiger partial charge in [0.05, 0.1) is 19.3 Å². The molecule has 0 bridgehead atoms. The van der Waals surface area contributed by atoms with Crippen molar-refractivity contribution >= 4 is 0 Å². The normalized spacial score (nSPS) is 24.8. The highest BCUT2D eigenvalue weighted by Gasteiger charge is 2.30. The van der Waals surface area contributed by atoms with E-state index in [9.17, 15) is 0 Å². The van der Waals surface area contributed by atoms with Crippen LogP contribution in [0.4, 0.5) is 0 Å². The van der Waals surface area contributed by atoms with Gasteiger partial charge in [0.2, 0.25) is 0 Å². The van der Waals surface area contributed by atoms with Crippen molar-refractivity contribution in [2.45, 2.75) is 38.9 Å². The summed E-state index contributed by atoms with van der Waals surface area (Å²) in [4.78, 5) is 2.48. The van der Waals surface area contributed by atoms with Crippen molar-refractivity contribution < 1.29 is 4.74 Å². The predicted octanol–water partition coefficient (Wildman–Crippen LogP) is 2.10. The van der Waals surface area contributed by atoms with E-state index in [4.69, 9.17) is 10.5 Å². The fourth-order valence-electron chi connectivity index (χ4n) is 2.84. The number of hydrogen-bond donors (Lipinski definition) is 1. The van der Waals surface area contributed by atoms with E-state index >= 15 is 0 Å². The highest BCUT2D eigenvalue weighted by atomic mass is 16.5. The molecular formula is C15H24N2O. The van der Waals surface area contributed by atoms with Crippen molar-refractivity contribution in [2.24, 2.45) is 5.73 Å². The summed E-state index contributed by atoms with van der Waals surface area (Å²) < 4.78 is 5.53. The first-order chi connectivity index (χ1) is 8.61. The first-order valence-electron chi connectivity index (χ1n) is 6.76. The van der Waals surface area contributed by atoms with E-state index in [2.05, 4.69) is 49.9 Å². The highest BCUT2D eigenvalue weighted by molar-refractivity contribution is 5.30. The van der Waals surface area contributed by atoms with Gasteiger partial charge in [-0.3, -0.25) is 4.90 Å². The van der Waals surface area contributed by atoms with Gasteiger partial charge in [0.1, 0.15) is 0 Å². The topological polar surface area (TPSA) is 38.5 Å². The van der Waals surface area contributed by atoms with Crippen molar-refractivity contribution in [3.05, 3.63) is 35.4 Å². The number of nitrogens with zero attached hydrogens (tertiary/aromatic N) is 1. The largest absolute Gasteiger partial charge is 0.379 e. The van der Waals surface area contributed by atoms with Gasteiger partial charge in [-0.1, -0.05) is 24.3 Å². The monoisotopic (exact) mass is 248 g/mol. The Morgan fingerprint density at radius 2 is 2.11 bits per heavy atom. The molecule has 1 saturated heterocycles. The van der Waals surface area contributed by atoms with Crippen LogP contribution >= 0.6 is 0 Å². The summed E-state index contributed by atoms with van der Waals surface area (Å²) in [6.45, 7) is 9.04. The molecule has 18 heavy (non-hydrogen) atoms. The molecule has 1 aliphatic heterocycles. The fourth-order valence-corrected chi connectivity index (χ4v) is 2.84. The smallest absolute Gasteiger partial charge is 0.0620 e. The molecule has 3 atom stereocenters. The van der Waals surface area contributed by atoms with Gasteiger partial charge >= 0.3 is 0 Å². The minimum atomic E-state index is 0.117. The molecule has 3 unspecified atom stereocenters. The summed E-state index contributed by atoms with van der Waals surface area (Å²) in [7, 11) is 0. The highest BCUT2D eigenvalue weighted by Crippen LogP contribution is 2.29. The summed E-state index contributed by atoms with van der Waals surface area (Å²) >= 11 is 0. The molecule has 0 spiro atoms. The zero-order chi connectivity index (χ0) is 13.1. The Hall–Kier alpha value is -0.900. The summed E-state index contributed by atoms with van der Waals surface area (Å²) in [5, 5.41) is 0. The van der Waals surface area contributed by atoms with Gasteiger partial charge in [0, 0.05) is 18.6 Å². The Kier molecular flexibility index (Phi) is 4.38. The molecule has 0 aliphatic carbocycles. The molecule has 0 saturated carbocycles. The molecule has 3 heteroatoms. The lowest BCUT2D eigenvalue weighted by Crippen LogP contribution is -2.50. The van der Waals surface area contributed by atoms with Crippen molar-refractivity contribution in [1.82, 2.24) is 4.90 Å². The fraction of sp³-hybridized carbons (Fsp3) is 0.600. The molecule has 0 radical (unpaired) electrons. The number of rotatable bonds is 3. The number of hydrogen-bond acceptors (Lipinski definition) is 3. The van der Waals surface area contributed by atoms with Gasteiger partial charge in [-0.25, -0.2) is 0 Å². The van der Waals surface area contributed by atoms with Crippen molar-refractivity contribution in [2.75, 3.05) is 19.8 Å². The van der Waals surface area contributed by atoms with Crippen LogP contribution in [-0.4, -0.2) is 36.7 Å². The van der Waals surface area contributed by atoms with Gasteiger partial charge in [0.25, 0.3) is 0 Å². The number of aryl methyl sites for hydroxylation is 1. The van der Waals surface area contributed by atoms with Crippen LogP contribution in [0.1, 0.15) is 31.0 Å². The molecule has 1 aliphatic rings. The average Bonchev–Trinajstić information content (AvgIpc) is 2.34. The van der Waals surface area contributed by atoms with Crippen LogP contribution in [0.3, 0.4) is 0 Å². The molecule has 1 aromatic carbocycles. The van der Waals surface area contributed by atoms with Crippen LogP contribution in [0.15, 0.2) is 24.3 Å². The van der Waals surface area contributed by atoms with E-state index in [1.54, 1.807) is 0 Å². The Labute approximate surface area is 110 Å². The first kappa shape index (κ1) is 13.5. The molecule has 0 amide bonds. The van der Waals surface area contributed by atoms with Crippen molar-refractivity contribution in [3.63, 3.8) is 0 Å². The Bertz CT molecular complexity index is 392. The quantitative estimate of drug-likeness (QED) is 0.890. The van der Waals surface area contributed by atoms with E-state index < -0.39 is 0 Å². The van der Waals surface area contributed by atoms with Gasteiger partial charge in [-0.05, 0) is 31.9 Å². The van der Waals surface area contributed by atoms with Crippen LogP contribution in [-0.2, 0) is 4.74 Å². The Morgan fingerprint density at radius 3 is 2.72 bits per heavy atom. The average molecular weight is 248 g/mol. The number of benzene rings is 1. The first-order valence-corrected chi connectivity index (χ1v) is 6.76. The number of nitrogens with two attached hydrogens (primary N) is 1. The summed E-state index contributed by atoms with van der Waals surface area (Å²) in [5.41, 5.74) is 8.91. The lowest BCUT2D eigenvalue weighted by atomic mass is 9.93. The molecule has 2 rings (SSSR count). The van der Waals surface area contributed by atoms with E-state index in [0.717, 1.165) is 19.8 Å². The maximum absolute atomic E-state index is 6.25. The Morgan fingerprint density at radius 1 is 1.39 bits per heavy atom. The number of ether oxygens (including phenoxy) is 1. The minimum absolute atomic E-state index is 0.117. The molecule has 1 aromatic rings. The maximum Gasteiger partial charge on any atom is 0.0620 e. The van der Waals surface area contributed by atoms with Crippen molar-refractivity contribution in [3.8, 4) is 0 Å². The zero-order valence-electron chi connectivity index (χ0n) is 11.6. The van der Waals surface area contributed by atoms with Gasteiger partial charge < -0.3 is 10.5 Å². The summed E-state index contributed by atoms with van der Waals surface area (Å²) in [6, 6.07) is 9.37. The van der Waals surface area contributed by atoms with Gasteiger partial charge in [-0.2, -0.15) is 0 Å².